The van der Waals surface area contributed by atoms with E-state index >= 15 is 0 Å². The molecule has 0 saturated carbocycles. The first-order valence-electron chi connectivity index (χ1n) is 6.22. The number of anilines is 1. The highest BCUT2D eigenvalue weighted by atomic mass is 16.5. The lowest BCUT2D eigenvalue weighted by molar-refractivity contribution is -0.114. The number of amides is 1. The summed E-state index contributed by atoms with van der Waals surface area (Å²) in [5, 5.41) is 2.66. The third kappa shape index (κ3) is 3.68. The Morgan fingerprint density at radius 2 is 1.95 bits per heavy atom. The van der Waals surface area contributed by atoms with Gasteiger partial charge in [0.05, 0.1) is 5.56 Å². The van der Waals surface area contributed by atoms with Crippen molar-refractivity contribution >= 4 is 17.9 Å². The summed E-state index contributed by atoms with van der Waals surface area (Å²) in [5.41, 5.74) is 2.07. The molecule has 20 heavy (non-hydrogen) atoms. The van der Waals surface area contributed by atoms with Crippen LogP contribution in [0.15, 0.2) is 48.5 Å². The molecule has 2 aromatic carbocycles. The number of carbonyl (C=O) groups is 2. The van der Waals surface area contributed by atoms with Gasteiger partial charge in [0.15, 0.2) is 6.29 Å². The van der Waals surface area contributed by atoms with Crippen molar-refractivity contribution in [3.05, 3.63) is 59.7 Å². The van der Waals surface area contributed by atoms with Gasteiger partial charge in [-0.3, -0.25) is 9.59 Å². The van der Waals surface area contributed by atoms with Crippen LogP contribution in [0.1, 0.15) is 22.8 Å². The summed E-state index contributed by atoms with van der Waals surface area (Å²) >= 11 is 0. The Labute approximate surface area is 117 Å². The van der Waals surface area contributed by atoms with E-state index in [4.69, 9.17) is 4.74 Å². The number of rotatable bonds is 5. The minimum absolute atomic E-state index is 0.169. The second-order valence-electron chi connectivity index (χ2n) is 4.33. The van der Waals surface area contributed by atoms with Gasteiger partial charge in [-0.05, 0) is 17.7 Å². The molecule has 0 spiro atoms. The van der Waals surface area contributed by atoms with Gasteiger partial charge in [0, 0.05) is 18.7 Å². The fraction of sp³-hybridized carbons (Fsp3) is 0.125. The first kappa shape index (κ1) is 13.8. The van der Waals surface area contributed by atoms with E-state index < -0.39 is 0 Å². The van der Waals surface area contributed by atoms with Crippen molar-refractivity contribution in [2.45, 2.75) is 13.5 Å². The van der Waals surface area contributed by atoms with E-state index in [0.29, 0.717) is 23.6 Å². The molecular weight excluding hydrogens is 254 g/mol. The number of benzene rings is 2. The number of aldehydes is 1. The van der Waals surface area contributed by atoms with E-state index in [1.807, 2.05) is 30.3 Å². The molecule has 4 nitrogen and oxygen atoms in total. The van der Waals surface area contributed by atoms with Crippen LogP contribution in [-0.4, -0.2) is 12.2 Å². The third-order valence-corrected chi connectivity index (χ3v) is 2.70. The number of hydrogen-bond acceptors (Lipinski definition) is 3. The first-order valence-corrected chi connectivity index (χ1v) is 6.22. The summed E-state index contributed by atoms with van der Waals surface area (Å²) < 4.78 is 5.65. The summed E-state index contributed by atoms with van der Waals surface area (Å²) in [7, 11) is 0. The van der Waals surface area contributed by atoms with Crippen molar-refractivity contribution in [2.24, 2.45) is 0 Å². The van der Waals surface area contributed by atoms with Crippen LogP contribution in [0.5, 0.6) is 5.75 Å². The smallest absolute Gasteiger partial charge is 0.221 e. The van der Waals surface area contributed by atoms with Crippen LogP contribution in [0.4, 0.5) is 5.69 Å². The topological polar surface area (TPSA) is 55.4 Å². The zero-order chi connectivity index (χ0) is 14.4. The fourth-order valence-electron chi connectivity index (χ4n) is 1.77. The SMILES string of the molecule is CC(=O)Nc1ccc(C=O)c(OCc2ccccc2)c1. The Morgan fingerprint density at radius 1 is 1.20 bits per heavy atom. The summed E-state index contributed by atoms with van der Waals surface area (Å²) in [6, 6.07) is 14.6. The van der Waals surface area contributed by atoms with Crippen LogP contribution in [0.3, 0.4) is 0 Å². The predicted molar refractivity (Wildman–Crippen MR) is 76.9 cm³/mol. The van der Waals surface area contributed by atoms with Crippen molar-refractivity contribution in [3.63, 3.8) is 0 Å². The van der Waals surface area contributed by atoms with Gasteiger partial charge in [-0.15, -0.1) is 0 Å². The number of nitrogens with one attached hydrogen (secondary N) is 1. The highest BCUT2D eigenvalue weighted by molar-refractivity contribution is 5.90. The van der Waals surface area contributed by atoms with E-state index in [-0.39, 0.29) is 5.91 Å². The van der Waals surface area contributed by atoms with Gasteiger partial charge in [0.2, 0.25) is 5.91 Å². The molecular formula is C16H15NO3. The molecule has 0 aliphatic heterocycles. The van der Waals surface area contributed by atoms with Crippen molar-refractivity contribution in [1.82, 2.24) is 0 Å². The van der Waals surface area contributed by atoms with E-state index in [0.717, 1.165) is 11.8 Å². The average Bonchev–Trinajstić information content (AvgIpc) is 2.46. The average molecular weight is 269 g/mol. The molecule has 1 N–H and O–H groups in total. The number of ether oxygens (including phenoxy) is 1. The summed E-state index contributed by atoms with van der Waals surface area (Å²) in [6.07, 6.45) is 0.734. The molecule has 0 aliphatic rings. The normalized spacial score (nSPS) is 9.85. The maximum atomic E-state index is 11.0. The van der Waals surface area contributed by atoms with Gasteiger partial charge in [-0.1, -0.05) is 30.3 Å². The summed E-state index contributed by atoms with van der Waals surface area (Å²) in [4.78, 5) is 22.0. The Balaban J connectivity index is 2.16. The second kappa shape index (κ2) is 6.52. The van der Waals surface area contributed by atoms with Gasteiger partial charge < -0.3 is 10.1 Å². The highest BCUT2D eigenvalue weighted by Gasteiger charge is 2.06. The van der Waals surface area contributed by atoms with E-state index in [2.05, 4.69) is 5.32 Å². The zero-order valence-corrected chi connectivity index (χ0v) is 11.1. The molecule has 0 fully saturated rings. The summed E-state index contributed by atoms with van der Waals surface area (Å²) in [5.74, 6) is 0.285. The van der Waals surface area contributed by atoms with Crippen molar-refractivity contribution in [2.75, 3.05) is 5.32 Å². The van der Waals surface area contributed by atoms with Crippen molar-refractivity contribution < 1.29 is 14.3 Å². The molecule has 0 heterocycles. The molecule has 4 heteroatoms. The van der Waals surface area contributed by atoms with Gasteiger partial charge in [0.25, 0.3) is 0 Å². The van der Waals surface area contributed by atoms with Gasteiger partial charge in [-0.2, -0.15) is 0 Å². The molecule has 2 aromatic rings. The minimum atomic E-state index is -0.169. The molecule has 1 amide bonds. The molecule has 0 radical (unpaired) electrons. The second-order valence-corrected chi connectivity index (χ2v) is 4.33. The molecule has 0 aliphatic carbocycles. The number of hydrogen-bond donors (Lipinski definition) is 1. The van der Waals surface area contributed by atoms with Gasteiger partial charge >= 0.3 is 0 Å². The van der Waals surface area contributed by atoms with Gasteiger partial charge in [-0.25, -0.2) is 0 Å². The van der Waals surface area contributed by atoms with Crippen LogP contribution in [0.2, 0.25) is 0 Å². The quantitative estimate of drug-likeness (QED) is 0.849. The molecule has 0 unspecified atom stereocenters. The molecule has 0 saturated heterocycles. The van der Waals surface area contributed by atoms with Crippen LogP contribution in [0.25, 0.3) is 0 Å². The van der Waals surface area contributed by atoms with Crippen LogP contribution >= 0.6 is 0 Å². The molecule has 0 aromatic heterocycles. The monoisotopic (exact) mass is 269 g/mol. The molecule has 0 bridgehead atoms. The number of carbonyl (C=O) groups excluding carboxylic acids is 2. The lowest BCUT2D eigenvalue weighted by atomic mass is 10.2. The Hall–Kier alpha value is -2.62. The third-order valence-electron chi connectivity index (χ3n) is 2.70. The molecule has 2 rings (SSSR count). The standard InChI is InChI=1S/C16H15NO3/c1-12(19)17-15-8-7-14(10-18)16(9-15)20-11-13-5-3-2-4-6-13/h2-10H,11H2,1H3,(H,17,19). The highest BCUT2D eigenvalue weighted by Crippen LogP contribution is 2.23. The Morgan fingerprint density at radius 3 is 2.60 bits per heavy atom. The van der Waals surface area contributed by atoms with Crippen molar-refractivity contribution in [1.29, 1.82) is 0 Å². The fourth-order valence-corrected chi connectivity index (χ4v) is 1.77. The maximum Gasteiger partial charge on any atom is 0.221 e. The lowest BCUT2D eigenvalue weighted by Gasteiger charge is -2.10. The largest absolute Gasteiger partial charge is 0.488 e. The molecule has 102 valence electrons. The van der Waals surface area contributed by atoms with E-state index in [9.17, 15) is 9.59 Å². The minimum Gasteiger partial charge on any atom is -0.488 e. The van der Waals surface area contributed by atoms with Gasteiger partial charge in [0.1, 0.15) is 12.4 Å². The zero-order valence-electron chi connectivity index (χ0n) is 11.1. The predicted octanol–water partition coefficient (Wildman–Crippen LogP) is 3.04. The first-order chi connectivity index (χ1) is 9.69. The Kier molecular flexibility index (Phi) is 4.50. The molecule has 0 atom stereocenters. The Bertz CT molecular complexity index is 608. The lowest BCUT2D eigenvalue weighted by Crippen LogP contribution is -2.06. The van der Waals surface area contributed by atoms with Crippen molar-refractivity contribution in [3.8, 4) is 5.75 Å². The summed E-state index contributed by atoms with van der Waals surface area (Å²) in [6.45, 7) is 1.79. The maximum absolute atomic E-state index is 11.0. The van der Waals surface area contributed by atoms with Crippen LogP contribution < -0.4 is 10.1 Å². The van der Waals surface area contributed by atoms with Crippen LogP contribution in [0, 0.1) is 0 Å². The van der Waals surface area contributed by atoms with E-state index in [1.54, 1.807) is 18.2 Å². The van der Waals surface area contributed by atoms with E-state index in [1.165, 1.54) is 6.92 Å². The van der Waals surface area contributed by atoms with Crippen LogP contribution in [-0.2, 0) is 11.4 Å².